The van der Waals surface area contributed by atoms with Crippen LogP contribution in [0.15, 0.2) is 65.5 Å². The Hall–Kier alpha value is -4.08. The van der Waals surface area contributed by atoms with E-state index in [2.05, 4.69) is 10.2 Å². The maximum absolute atomic E-state index is 13.9. The van der Waals surface area contributed by atoms with Crippen LogP contribution in [-0.4, -0.2) is 70.3 Å². The Labute approximate surface area is 242 Å². The van der Waals surface area contributed by atoms with Gasteiger partial charge in [-0.25, -0.2) is 4.98 Å². The van der Waals surface area contributed by atoms with E-state index in [1.807, 2.05) is 66.8 Å². The van der Waals surface area contributed by atoms with Crippen molar-refractivity contribution in [2.45, 2.75) is 26.7 Å². The van der Waals surface area contributed by atoms with Crippen molar-refractivity contribution in [3.63, 3.8) is 0 Å². The molecule has 0 radical (unpaired) electrons. The van der Waals surface area contributed by atoms with Gasteiger partial charge in [-0.3, -0.25) is 18.8 Å². The van der Waals surface area contributed by atoms with Crippen LogP contribution in [0.2, 0.25) is 0 Å². The molecule has 1 saturated heterocycles. The second-order valence-corrected chi connectivity index (χ2v) is 11.3. The van der Waals surface area contributed by atoms with Crippen molar-refractivity contribution >= 4 is 49.2 Å². The molecule has 4 heterocycles. The molecular weight excluding hydrogens is 534 g/mol. The molecule has 1 N–H and O–H groups in total. The number of para-hydroxylation sites is 1. The second-order valence-electron chi connectivity index (χ2n) is 10.3. The van der Waals surface area contributed by atoms with Gasteiger partial charge in [-0.05, 0) is 70.1 Å². The van der Waals surface area contributed by atoms with Crippen molar-refractivity contribution in [1.82, 2.24) is 24.5 Å². The molecule has 5 aromatic rings. The van der Waals surface area contributed by atoms with Crippen molar-refractivity contribution in [3.8, 4) is 11.3 Å². The zero-order chi connectivity index (χ0) is 28.5. The molecule has 0 spiro atoms. The van der Waals surface area contributed by atoms with E-state index in [9.17, 15) is 14.4 Å². The Balaban J connectivity index is 1.50. The van der Waals surface area contributed by atoms with E-state index in [-0.39, 0.29) is 22.8 Å². The molecule has 0 bridgehead atoms. The number of pyridine rings is 2. The lowest BCUT2D eigenvalue weighted by atomic mass is 10.0. The van der Waals surface area contributed by atoms with Crippen LogP contribution >= 0.6 is 11.3 Å². The van der Waals surface area contributed by atoms with Gasteiger partial charge in [0.1, 0.15) is 16.0 Å². The van der Waals surface area contributed by atoms with Crippen molar-refractivity contribution in [2.75, 3.05) is 39.3 Å². The first-order valence-electron chi connectivity index (χ1n) is 14.3. The third-order valence-electron chi connectivity index (χ3n) is 7.91. The average molecular weight is 568 g/mol. The summed E-state index contributed by atoms with van der Waals surface area (Å²) in [6, 6.07) is 18.8. The number of aromatic nitrogens is 2. The van der Waals surface area contributed by atoms with Crippen LogP contribution in [0, 0.1) is 0 Å². The fourth-order valence-corrected chi connectivity index (χ4v) is 6.92. The summed E-state index contributed by atoms with van der Waals surface area (Å²) in [5.41, 5.74) is 3.02. The lowest BCUT2D eigenvalue weighted by Gasteiger charge is -2.20. The molecule has 0 aliphatic carbocycles. The first kappa shape index (κ1) is 27.1. The lowest BCUT2D eigenvalue weighted by Crippen LogP contribution is -2.35. The third-order valence-corrected chi connectivity index (χ3v) is 9.06. The van der Waals surface area contributed by atoms with Crippen LogP contribution in [0.1, 0.15) is 47.4 Å². The molecule has 210 valence electrons. The number of thiazole rings is 1. The molecule has 2 amide bonds. The molecule has 0 atom stereocenters. The number of carbonyl (C=O) groups is 2. The summed E-state index contributed by atoms with van der Waals surface area (Å²) >= 11 is 1.41. The van der Waals surface area contributed by atoms with E-state index in [0.717, 1.165) is 29.9 Å². The van der Waals surface area contributed by atoms with E-state index < -0.39 is 0 Å². The van der Waals surface area contributed by atoms with Gasteiger partial charge in [0.25, 0.3) is 11.8 Å². The van der Waals surface area contributed by atoms with Gasteiger partial charge < -0.3 is 15.1 Å². The molecule has 2 aromatic carbocycles. The number of nitrogens with zero attached hydrogens (tertiary/aromatic N) is 4. The van der Waals surface area contributed by atoms with Gasteiger partial charge in [0.2, 0.25) is 5.43 Å². The maximum Gasteiger partial charge on any atom is 0.258 e. The summed E-state index contributed by atoms with van der Waals surface area (Å²) in [4.78, 5) is 50.4. The molecule has 1 aliphatic rings. The highest BCUT2D eigenvalue weighted by atomic mass is 32.1. The highest BCUT2D eigenvalue weighted by molar-refractivity contribution is 7.24. The van der Waals surface area contributed by atoms with Gasteiger partial charge in [0.15, 0.2) is 0 Å². The number of fused-ring (bicyclic) bond motifs is 5. The van der Waals surface area contributed by atoms with E-state index >= 15 is 0 Å². The highest BCUT2D eigenvalue weighted by Gasteiger charge is 2.24. The van der Waals surface area contributed by atoms with Crippen LogP contribution in [0.25, 0.3) is 37.3 Å². The number of benzene rings is 2. The summed E-state index contributed by atoms with van der Waals surface area (Å²) in [6.07, 6.45) is 2.37. The first-order chi connectivity index (χ1) is 20.0. The van der Waals surface area contributed by atoms with Gasteiger partial charge >= 0.3 is 0 Å². The van der Waals surface area contributed by atoms with Crippen LogP contribution in [0.4, 0.5) is 0 Å². The molecule has 1 aliphatic heterocycles. The van der Waals surface area contributed by atoms with Crippen molar-refractivity contribution in [2.24, 2.45) is 0 Å². The molecule has 41 heavy (non-hydrogen) atoms. The molecule has 9 heteroatoms. The fourth-order valence-electron chi connectivity index (χ4n) is 5.73. The van der Waals surface area contributed by atoms with Gasteiger partial charge in [-0.1, -0.05) is 30.3 Å². The predicted molar refractivity (Wildman–Crippen MR) is 165 cm³/mol. The number of amides is 2. The number of hydrogen-bond donors (Lipinski definition) is 1. The van der Waals surface area contributed by atoms with E-state index in [4.69, 9.17) is 4.98 Å². The number of nitrogens with one attached hydrogen (secondary N) is 1. The smallest absolute Gasteiger partial charge is 0.258 e. The molecule has 1 fully saturated rings. The maximum atomic E-state index is 13.9. The highest BCUT2D eigenvalue weighted by Crippen LogP contribution is 2.32. The Kier molecular flexibility index (Phi) is 7.55. The van der Waals surface area contributed by atoms with Crippen LogP contribution < -0.4 is 10.7 Å². The van der Waals surface area contributed by atoms with Crippen LogP contribution in [0.3, 0.4) is 0 Å². The summed E-state index contributed by atoms with van der Waals surface area (Å²) in [5.74, 6) is -0.420. The predicted octanol–water partition coefficient (Wildman–Crippen LogP) is 5.04. The molecule has 8 nitrogen and oxygen atoms in total. The average Bonchev–Trinajstić information content (AvgIpc) is 3.66. The molecular formula is C32H33N5O3S. The number of rotatable bonds is 8. The largest absolute Gasteiger partial charge is 0.351 e. The number of hydrogen-bond acceptors (Lipinski definition) is 6. The first-order valence-corrected chi connectivity index (χ1v) is 15.1. The van der Waals surface area contributed by atoms with Crippen molar-refractivity contribution in [3.05, 3.63) is 82.0 Å². The monoisotopic (exact) mass is 567 g/mol. The fraction of sp³-hybridized carbons (Fsp3) is 0.312. The van der Waals surface area contributed by atoms with Crippen molar-refractivity contribution in [1.29, 1.82) is 0 Å². The van der Waals surface area contributed by atoms with Gasteiger partial charge in [0, 0.05) is 37.3 Å². The zero-order valence-corrected chi connectivity index (χ0v) is 24.2. The number of carbonyl (C=O) groups excluding carboxylic acids is 2. The van der Waals surface area contributed by atoms with Gasteiger partial charge in [-0.15, -0.1) is 11.3 Å². The zero-order valence-electron chi connectivity index (χ0n) is 23.4. The Bertz CT molecular complexity index is 1830. The van der Waals surface area contributed by atoms with E-state index in [0.29, 0.717) is 52.3 Å². The van der Waals surface area contributed by atoms with Crippen LogP contribution in [-0.2, 0) is 0 Å². The molecule has 0 unspecified atom stereocenters. The van der Waals surface area contributed by atoms with Gasteiger partial charge in [0.05, 0.1) is 21.3 Å². The second kappa shape index (κ2) is 11.4. The SMILES string of the molecule is CCN(CC)C(=O)c1ccccc1-c1ccc2c(=O)c(C(=O)NCCN3CCCC3)c3sc4ccccc4n3c2n1. The van der Waals surface area contributed by atoms with Gasteiger partial charge in [-0.2, -0.15) is 0 Å². The van der Waals surface area contributed by atoms with E-state index in [1.165, 1.54) is 24.2 Å². The third kappa shape index (κ3) is 4.89. The van der Waals surface area contributed by atoms with Crippen LogP contribution in [0.5, 0.6) is 0 Å². The Morgan fingerprint density at radius 1 is 0.976 bits per heavy atom. The van der Waals surface area contributed by atoms with E-state index in [1.54, 1.807) is 17.0 Å². The molecule has 6 rings (SSSR count). The minimum Gasteiger partial charge on any atom is -0.351 e. The number of likely N-dealkylation sites (tertiary alicyclic amines) is 1. The summed E-state index contributed by atoms with van der Waals surface area (Å²) in [6.45, 7) is 8.49. The minimum atomic E-state index is -0.362. The summed E-state index contributed by atoms with van der Waals surface area (Å²) < 4.78 is 2.87. The standard InChI is InChI=1S/C32H33N5O3S/c1-3-36(4-2)31(40)22-12-6-5-11-21(22)24-16-15-23-28(38)27(30(39)33-17-20-35-18-9-10-19-35)32-37(29(23)34-24)25-13-7-8-14-26(25)41-32/h5-8,11-16H,3-4,9-10,17-20H2,1-2H3,(H,33,39). The Morgan fingerprint density at radius 3 is 2.49 bits per heavy atom. The Morgan fingerprint density at radius 2 is 1.71 bits per heavy atom. The minimum absolute atomic E-state index is 0.0586. The normalized spacial score (nSPS) is 13.8. The van der Waals surface area contributed by atoms with Crippen molar-refractivity contribution < 1.29 is 9.59 Å². The summed E-state index contributed by atoms with van der Waals surface area (Å²) in [7, 11) is 0. The molecule has 3 aromatic heterocycles. The quantitative estimate of drug-likeness (QED) is 0.284. The topological polar surface area (TPSA) is 87.0 Å². The lowest BCUT2D eigenvalue weighted by molar-refractivity contribution is 0.0773. The summed E-state index contributed by atoms with van der Waals surface area (Å²) in [5, 5.41) is 3.36. The molecule has 0 saturated carbocycles.